The molecular formula is C32H33F3N6O3. The summed E-state index contributed by atoms with van der Waals surface area (Å²) in [6, 6.07) is 5.65. The Hall–Kier alpha value is -4.19. The number of amides is 1. The van der Waals surface area contributed by atoms with Crippen molar-refractivity contribution in [1.82, 2.24) is 25.2 Å². The molecule has 3 aliphatic rings. The van der Waals surface area contributed by atoms with Crippen LogP contribution in [0.5, 0.6) is 11.8 Å². The van der Waals surface area contributed by atoms with Crippen molar-refractivity contribution in [3.8, 4) is 23.0 Å². The summed E-state index contributed by atoms with van der Waals surface area (Å²) in [5, 5.41) is 17.7. The Labute approximate surface area is 251 Å². The van der Waals surface area contributed by atoms with E-state index in [-0.39, 0.29) is 64.7 Å². The highest BCUT2D eigenvalue weighted by atomic mass is 19.1. The molecule has 12 heteroatoms. The molecule has 230 valence electrons. The zero-order valence-electron chi connectivity index (χ0n) is 24.3. The van der Waals surface area contributed by atoms with Gasteiger partial charge in [0.25, 0.3) is 0 Å². The standard InChI is InChI=1S/C32H33F3N6O3/c1-2-21-24(34)5-4-17-10-20(42)11-22(25(17)21)27-26(35)28-23(14-37-27)29(38-13-18-6-8-36-30(18)43)40-31(39-28)44-16-32-7-3-9-41(32)15-19(33)12-32/h4-5,10-11,14,18-19,42H,2-3,6-9,12-13,15-16H2,1H3,(H,36,43)(H,38,39,40)/t18?,19-,32+/m1/s1. The fraction of sp³-hybridized carbons (Fsp3) is 0.438. The Morgan fingerprint density at radius 2 is 2.11 bits per heavy atom. The zero-order valence-corrected chi connectivity index (χ0v) is 24.3. The van der Waals surface area contributed by atoms with Crippen molar-refractivity contribution in [1.29, 1.82) is 0 Å². The van der Waals surface area contributed by atoms with Gasteiger partial charge in [0.1, 0.15) is 41.4 Å². The predicted octanol–water partition coefficient (Wildman–Crippen LogP) is 4.89. The number of fused-ring (bicyclic) bond motifs is 3. The van der Waals surface area contributed by atoms with Crippen molar-refractivity contribution in [2.75, 3.05) is 38.1 Å². The van der Waals surface area contributed by atoms with E-state index in [0.29, 0.717) is 48.7 Å². The van der Waals surface area contributed by atoms with Crippen LogP contribution in [0.1, 0.15) is 38.2 Å². The Balaban J connectivity index is 1.33. The molecule has 0 spiro atoms. The first kappa shape index (κ1) is 28.6. The molecule has 2 aromatic carbocycles. The molecule has 2 aromatic heterocycles. The quantitative estimate of drug-likeness (QED) is 0.260. The van der Waals surface area contributed by atoms with Gasteiger partial charge >= 0.3 is 6.01 Å². The number of hydrogen-bond acceptors (Lipinski definition) is 8. The lowest BCUT2D eigenvalue weighted by molar-refractivity contribution is -0.122. The number of rotatable bonds is 8. The van der Waals surface area contributed by atoms with Crippen LogP contribution < -0.4 is 15.4 Å². The van der Waals surface area contributed by atoms with Crippen LogP contribution in [0.3, 0.4) is 0 Å². The average molecular weight is 607 g/mol. The van der Waals surface area contributed by atoms with E-state index in [9.17, 15) is 18.7 Å². The number of carbonyl (C=O) groups is 1. The molecule has 7 rings (SSSR count). The molecule has 3 atom stereocenters. The van der Waals surface area contributed by atoms with Gasteiger partial charge in [-0.1, -0.05) is 13.0 Å². The van der Waals surface area contributed by atoms with Crippen molar-refractivity contribution in [3.63, 3.8) is 0 Å². The molecule has 0 aliphatic carbocycles. The van der Waals surface area contributed by atoms with E-state index in [2.05, 4.69) is 30.5 Å². The number of aryl methyl sites for hydroxylation is 1. The monoisotopic (exact) mass is 606 g/mol. The lowest BCUT2D eigenvalue weighted by atomic mass is 9.94. The molecule has 1 amide bonds. The molecule has 3 fully saturated rings. The van der Waals surface area contributed by atoms with E-state index >= 15 is 4.39 Å². The third kappa shape index (κ3) is 4.85. The number of benzene rings is 2. The Morgan fingerprint density at radius 1 is 1.25 bits per heavy atom. The van der Waals surface area contributed by atoms with Crippen LogP contribution in [0, 0.1) is 17.6 Å². The summed E-state index contributed by atoms with van der Waals surface area (Å²) in [6.07, 6.45) is 3.56. The third-order valence-electron chi connectivity index (χ3n) is 9.33. The van der Waals surface area contributed by atoms with Gasteiger partial charge in [-0.15, -0.1) is 0 Å². The van der Waals surface area contributed by atoms with Gasteiger partial charge in [-0.05, 0) is 66.8 Å². The fourth-order valence-electron chi connectivity index (χ4n) is 7.16. The van der Waals surface area contributed by atoms with Crippen LogP contribution in [0.4, 0.5) is 19.0 Å². The molecule has 9 nitrogen and oxygen atoms in total. The highest BCUT2D eigenvalue weighted by Gasteiger charge is 2.49. The van der Waals surface area contributed by atoms with Crippen LogP contribution in [-0.2, 0) is 11.2 Å². The number of nitrogens with zero attached hydrogens (tertiary/aromatic N) is 4. The van der Waals surface area contributed by atoms with E-state index in [1.165, 1.54) is 30.5 Å². The number of aromatic hydroxyl groups is 1. The minimum atomic E-state index is -0.938. The van der Waals surface area contributed by atoms with Gasteiger partial charge in [-0.2, -0.15) is 9.97 Å². The molecule has 0 radical (unpaired) electrons. The summed E-state index contributed by atoms with van der Waals surface area (Å²) in [6.45, 7) is 3.95. The van der Waals surface area contributed by atoms with Crippen molar-refractivity contribution < 1.29 is 27.8 Å². The minimum Gasteiger partial charge on any atom is -0.508 e. The second kappa shape index (κ2) is 11.1. The maximum atomic E-state index is 16.6. The number of pyridine rings is 1. The number of halogens is 3. The second-order valence-electron chi connectivity index (χ2n) is 12.0. The SMILES string of the molecule is CCc1c(F)ccc2cc(O)cc(-c3ncc4c(NCC5CCNC5=O)nc(OC[C@@]56CCCN5C[C@H](F)C6)nc4c3F)c12. The van der Waals surface area contributed by atoms with Crippen molar-refractivity contribution in [3.05, 3.63) is 47.7 Å². The maximum absolute atomic E-state index is 16.6. The van der Waals surface area contributed by atoms with Gasteiger partial charge in [0.05, 0.1) is 16.8 Å². The zero-order chi connectivity index (χ0) is 30.6. The summed E-state index contributed by atoms with van der Waals surface area (Å²) >= 11 is 0. The molecule has 0 saturated carbocycles. The van der Waals surface area contributed by atoms with Gasteiger partial charge in [0, 0.05) is 37.8 Å². The lowest BCUT2D eigenvalue weighted by Gasteiger charge is -2.30. The molecular weight excluding hydrogens is 573 g/mol. The number of nitrogens with one attached hydrogen (secondary N) is 2. The van der Waals surface area contributed by atoms with Gasteiger partial charge < -0.3 is 20.5 Å². The summed E-state index contributed by atoms with van der Waals surface area (Å²) in [4.78, 5) is 27.7. The van der Waals surface area contributed by atoms with Crippen molar-refractivity contribution in [2.24, 2.45) is 5.92 Å². The van der Waals surface area contributed by atoms with E-state index < -0.39 is 23.3 Å². The van der Waals surface area contributed by atoms with Crippen molar-refractivity contribution in [2.45, 2.75) is 50.7 Å². The van der Waals surface area contributed by atoms with Crippen LogP contribution in [0.25, 0.3) is 32.9 Å². The topological polar surface area (TPSA) is 112 Å². The van der Waals surface area contributed by atoms with E-state index in [0.717, 1.165) is 19.4 Å². The lowest BCUT2D eigenvalue weighted by Crippen LogP contribution is -2.43. The van der Waals surface area contributed by atoms with Gasteiger partial charge in [0.2, 0.25) is 5.91 Å². The van der Waals surface area contributed by atoms with Gasteiger partial charge in [0.15, 0.2) is 5.82 Å². The van der Waals surface area contributed by atoms with Crippen LogP contribution in [-0.4, -0.2) is 75.4 Å². The highest BCUT2D eigenvalue weighted by Crippen LogP contribution is 2.41. The summed E-state index contributed by atoms with van der Waals surface area (Å²) in [7, 11) is 0. The maximum Gasteiger partial charge on any atom is 0.319 e. The smallest absolute Gasteiger partial charge is 0.319 e. The number of ether oxygens (including phenoxy) is 1. The summed E-state index contributed by atoms with van der Waals surface area (Å²) in [5.41, 5.74) is -0.0442. The number of alkyl halides is 1. The number of phenolic OH excluding ortho intramolecular Hbond substituents is 1. The number of phenols is 1. The molecule has 4 aromatic rings. The Kier molecular flexibility index (Phi) is 7.19. The molecule has 1 unspecified atom stereocenters. The van der Waals surface area contributed by atoms with Crippen LogP contribution in [0.2, 0.25) is 0 Å². The summed E-state index contributed by atoms with van der Waals surface area (Å²) < 4.78 is 51.9. The first-order chi connectivity index (χ1) is 21.3. The van der Waals surface area contributed by atoms with Gasteiger partial charge in [-0.3, -0.25) is 14.7 Å². The number of hydrogen-bond donors (Lipinski definition) is 3. The van der Waals surface area contributed by atoms with Crippen LogP contribution >= 0.6 is 0 Å². The predicted molar refractivity (Wildman–Crippen MR) is 159 cm³/mol. The molecule has 0 bridgehead atoms. The first-order valence-corrected chi connectivity index (χ1v) is 15.1. The largest absolute Gasteiger partial charge is 0.508 e. The highest BCUT2D eigenvalue weighted by molar-refractivity contribution is 6.01. The molecule has 5 heterocycles. The van der Waals surface area contributed by atoms with E-state index in [1.54, 1.807) is 6.92 Å². The molecule has 3 aliphatic heterocycles. The Morgan fingerprint density at radius 3 is 2.91 bits per heavy atom. The first-order valence-electron chi connectivity index (χ1n) is 15.1. The van der Waals surface area contributed by atoms with Gasteiger partial charge in [-0.25, -0.2) is 13.2 Å². The molecule has 3 N–H and O–H groups in total. The second-order valence-corrected chi connectivity index (χ2v) is 12.0. The van der Waals surface area contributed by atoms with Crippen LogP contribution in [0.15, 0.2) is 30.5 Å². The number of carbonyl (C=O) groups excluding carboxylic acids is 1. The Bertz CT molecular complexity index is 1790. The number of aromatic nitrogens is 3. The molecule has 3 saturated heterocycles. The summed E-state index contributed by atoms with van der Waals surface area (Å²) in [5.74, 6) is -1.45. The van der Waals surface area contributed by atoms with E-state index in [4.69, 9.17) is 4.74 Å². The molecule has 44 heavy (non-hydrogen) atoms. The van der Waals surface area contributed by atoms with E-state index in [1.807, 2.05) is 0 Å². The number of anilines is 1. The minimum absolute atomic E-state index is 0.0731. The van der Waals surface area contributed by atoms with Crippen molar-refractivity contribution >= 4 is 33.4 Å². The average Bonchev–Trinajstić information content (AvgIpc) is 3.68. The third-order valence-corrected chi connectivity index (χ3v) is 9.33. The fourth-order valence-corrected chi connectivity index (χ4v) is 7.16. The normalized spacial score (nSPS) is 23.4.